The SMILES string of the molecule is CC(C)NCC1CCC(C(C)C)CC1. The number of rotatable bonds is 4. The van der Waals surface area contributed by atoms with Crippen molar-refractivity contribution >= 4 is 0 Å². The van der Waals surface area contributed by atoms with E-state index in [2.05, 4.69) is 33.0 Å². The van der Waals surface area contributed by atoms with Gasteiger partial charge in [-0.15, -0.1) is 0 Å². The van der Waals surface area contributed by atoms with Crippen LogP contribution in [-0.2, 0) is 0 Å². The molecular formula is C13H27N. The van der Waals surface area contributed by atoms with Crippen LogP contribution >= 0.6 is 0 Å². The lowest BCUT2D eigenvalue weighted by molar-refractivity contribution is 0.218. The fraction of sp³-hybridized carbons (Fsp3) is 1.00. The van der Waals surface area contributed by atoms with Gasteiger partial charge in [-0.2, -0.15) is 0 Å². The summed E-state index contributed by atoms with van der Waals surface area (Å²) in [5.41, 5.74) is 0. The van der Waals surface area contributed by atoms with Gasteiger partial charge in [0.1, 0.15) is 0 Å². The topological polar surface area (TPSA) is 12.0 Å². The molecule has 1 heteroatoms. The van der Waals surface area contributed by atoms with Crippen molar-refractivity contribution in [1.82, 2.24) is 5.32 Å². The fourth-order valence-corrected chi connectivity index (χ4v) is 2.46. The molecule has 0 aliphatic heterocycles. The molecule has 0 saturated heterocycles. The van der Waals surface area contributed by atoms with Crippen LogP contribution in [0.4, 0.5) is 0 Å². The summed E-state index contributed by atoms with van der Waals surface area (Å²) in [4.78, 5) is 0. The van der Waals surface area contributed by atoms with Gasteiger partial charge in [0.15, 0.2) is 0 Å². The maximum atomic E-state index is 3.56. The third-order valence-electron chi connectivity index (χ3n) is 3.65. The van der Waals surface area contributed by atoms with E-state index in [0.29, 0.717) is 6.04 Å². The van der Waals surface area contributed by atoms with E-state index in [4.69, 9.17) is 0 Å². The molecule has 0 amide bonds. The standard InChI is InChI=1S/C13H27N/c1-10(2)13-7-5-12(6-8-13)9-14-11(3)4/h10-14H,5-9H2,1-4H3. The average molecular weight is 197 g/mol. The van der Waals surface area contributed by atoms with Crippen LogP contribution in [0.25, 0.3) is 0 Å². The van der Waals surface area contributed by atoms with Gasteiger partial charge in [-0.1, -0.05) is 27.7 Å². The Morgan fingerprint density at radius 2 is 1.57 bits per heavy atom. The van der Waals surface area contributed by atoms with Crippen molar-refractivity contribution in [3.63, 3.8) is 0 Å². The summed E-state index contributed by atoms with van der Waals surface area (Å²) in [6.07, 6.45) is 5.81. The van der Waals surface area contributed by atoms with Gasteiger partial charge in [-0.05, 0) is 50.0 Å². The summed E-state index contributed by atoms with van der Waals surface area (Å²) in [6, 6.07) is 0.651. The molecule has 0 aromatic rings. The highest BCUT2D eigenvalue weighted by Crippen LogP contribution is 2.32. The summed E-state index contributed by atoms with van der Waals surface area (Å²) in [6.45, 7) is 10.5. The molecular weight excluding hydrogens is 170 g/mol. The molecule has 0 bridgehead atoms. The van der Waals surface area contributed by atoms with E-state index in [1.54, 1.807) is 0 Å². The Balaban J connectivity index is 2.16. The Bertz CT molecular complexity index is 143. The average Bonchev–Trinajstić information content (AvgIpc) is 2.15. The molecule has 1 N–H and O–H groups in total. The Hall–Kier alpha value is -0.0400. The van der Waals surface area contributed by atoms with Crippen LogP contribution in [0.3, 0.4) is 0 Å². The van der Waals surface area contributed by atoms with E-state index in [1.807, 2.05) is 0 Å². The Labute approximate surface area is 89.7 Å². The zero-order valence-corrected chi connectivity index (χ0v) is 10.3. The van der Waals surface area contributed by atoms with Crippen molar-refractivity contribution in [3.05, 3.63) is 0 Å². The molecule has 0 radical (unpaired) electrons. The zero-order chi connectivity index (χ0) is 10.6. The Kier molecular flexibility index (Phi) is 4.94. The molecule has 0 unspecified atom stereocenters. The summed E-state index contributed by atoms with van der Waals surface area (Å²) >= 11 is 0. The van der Waals surface area contributed by atoms with Crippen molar-refractivity contribution in [1.29, 1.82) is 0 Å². The molecule has 1 aliphatic rings. The normalized spacial score (nSPS) is 28.7. The van der Waals surface area contributed by atoms with E-state index in [-0.39, 0.29) is 0 Å². The molecule has 0 aromatic carbocycles. The minimum Gasteiger partial charge on any atom is -0.314 e. The third kappa shape index (κ3) is 4.00. The van der Waals surface area contributed by atoms with Gasteiger partial charge in [0, 0.05) is 6.04 Å². The van der Waals surface area contributed by atoms with Crippen LogP contribution in [-0.4, -0.2) is 12.6 Å². The largest absolute Gasteiger partial charge is 0.314 e. The van der Waals surface area contributed by atoms with Crippen molar-refractivity contribution in [2.45, 2.75) is 59.4 Å². The molecule has 1 rings (SSSR count). The molecule has 14 heavy (non-hydrogen) atoms. The van der Waals surface area contributed by atoms with Crippen LogP contribution in [0.1, 0.15) is 53.4 Å². The zero-order valence-electron chi connectivity index (χ0n) is 10.3. The fourth-order valence-electron chi connectivity index (χ4n) is 2.46. The smallest absolute Gasteiger partial charge is 0.00104 e. The lowest BCUT2D eigenvalue weighted by atomic mass is 9.77. The van der Waals surface area contributed by atoms with E-state index >= 15 is 0 Å². The number of hydrogen-bond acceptors (Lipinski definition) is 1. The monoisotopic (exact) mass is 197 g/mol. The summed E-state index contributed by atoms with van der Waals surface area (Å²) in [5, 5.41) is 3.56. The maximum Gasteiger partial charge on any atom is 0.00104 e. The van der Waals surface area contributed by atoms with Crippen molar-refractivity contribution in [2.75, 3.05) is 6.54 Å². The minimum absolute atomic E-state index is 0.651. The first-order valence-electron chi connectivity index (χ1n) is 6.33. The van der Waals surface area contributed by atoms with Gasteiger partial charge in [0.2, 0.25) is 0 Å². The van der Waals surface area contributed by atoms with Crippen LogP contribution < -0.4 is 5.32 Å². The summed E-state index contributed by atoms with van der Waals surface area (Å²) < 4.78 is 0. The Morgan fingerprint density at radius 3 is 2.00 bits per heavy atom. The van der Waals surface area contributed by atoms with Gasteiger partial charge in [0.05, 0.1) is 0 Å². The van der Waals surface area contributed by atoms with E-state index in [0.717, 1.165) is 17.8 Å². The van der Waals surface area contributed by atoms with Crippen molar-refractivity contribution < 1.29 is 0 Å². The molecule has 0 aromatic heterocycles. The molecule has 0 spiro atoms. The molecule has 1 aliphatic carbocycles. The second-order valence-corrected chi connectivity index (χ2v) is 5.59. The van der Waals surface area contributed by atoms with Crippen molar-refractivity contribution in [2.24, 2.45) is 17.8 Å². The van der Waals surface area contributed by atoms with E-state index < -0.39 is 0 Å². The van der Waals surface area contributed by atoms with E-state index in [1.165, 1.54) is 32.2 Å². The lowest BCUT2D eigenvalue weighted by Crippen LogP contribution is -2.31. The van der Waals surface area contributed by atoms with Gasteiger partial charge in [0.25, 0.3) is 0 Å². The minimum atomic E-state index is 0.651. The molecule has 0 atom stereocenters. The van der Waals surface area contributed by atoms with Crippen LogP contribution in [0.15, 0.2) is 0 Å². The number of nitrogens with one attached hydrogen (secondary N) is 1. The van der Waals surface area contributed by atoms with Crippen LogP contribution in [0, 0.1) is 17.8 Å². The van der Waals surface area contributed by atoms with Gasteiger partial charge >= 0.3 is 0 Å². The second-order valence-electron chi connectivity index (χ2n) is 5.59. The summed E-state index contributed by atoms with van der Waals surface area (Å²) in [7, 11) is 0. The maximum absolute atomic E-state index is 3.56. The molecule has 1 nitrogen and oxygen atoms in total. The first kappa shape index (κ1) is 12.0. The highest BCUT2D eigenvalue weighted by atomic mass is 14.9. The first-order chi connectivity index (χ1) is 6.59. The quantitative estimate of drug-likeness (QED) is 0.728. The highest BCUT2D eigenvalue weighted by Gasteiger charge is 2.22. The van der Waals surface area contributed by atoms with Crippen LogP contribution in [0.5, 0.6) is 0 Å². The van der Waals surface area contributed by atoms with Gasteiger partial charge < -0.3 is 5.32 Å². The third-order valence-corrected chi connectivity index (χ3v) is 3.65. The van der Waals surface area contributed by atoms with Gasteiger partial charge in [-0.25, -0.2) is 0 Å². The second kappa shape index (κ2) is 5.75. The van der Waals surface area contributed by atoms with E-state index in [9.17, 15) is 0 Å². The predicted octanol–water partition coefficient (Wildman–Crippen LogP) is 3.45. The van der Waals surface area contributed by atoms with Gasteiger partial charge in [-0.3, -0.25) is 0 Å². The highest BCUT2D eigenvalue weighted by molar-refractivity contribution is 4.76. The predicted molar refractivity (Wildman–Crippen MR) is 63.4 cm³/mol. The molecule has 0 heterocycles. The lowest BCUT2D eigenvalue weighted by Gasteiger charge is -2.31. The Morgan fingerprint density at radius 1 is 1.00 bits per heavy atom. The molecule has 84 valence electrons. The van der Waals surface area contributed by atoms with Crippen molar-refractivity contribution in [3.8, 4) is 0 Å². The number of hydrogen-bond donors (Lipinski definition) is 1. The summed E-state index contributed by atoms with van der Waals surface area (Å²) in [5.74, 6) is 2.85. The first-order valence-corrected chi connectivity index (χ1v) is 6.33. The molecule has 1 fully saturated rings. The molecule has 1 saturated carbocycles. The van der Waals surface area contributed by atoms with Crippen LogP contribution in [0.2, 0.25) is 0 Å².